The first-order valence-corrected chi connectivity index (χ1v) is 5.94. The van der Waals surface area contributed by atoms with Gasteiger partial charge in [0, 0.05) is 24.7 Å². The number of carbonyl (C=O) groups excluding carboxylic acids is 1. The summed E-state index contributed by atoms with van der Waals surface area (Å²) in [5, 5.41) is 23.0. The van der Waals surface area contributed by atoms with Gasteiger partial charge in [0.2, 0.25) is 5.91 Å². The maximum atomic E-state index is 11.9. The zero-order chi connectivity index (χ0) is 14.7. The lowest BCUT2D eigenvalue weighted by Crippen LogP contribution is -2.37. The minimum absolute atomic E-state index is 0.165. The molecule has 1 N–H and O–H groups in total. The molecule has 1 saturated heterocycles. The fraction of sp³-hybridized carbons (Fsp3) is 0.364. The van der Waals surface area contributed by atoms with E-state index in [1.54, 1.807) is 0 Å². The van der Waals surface area contributed by atoms with Crippen LogP contribution >= 0.6 is 0 Å². The molecular formula is C11H12N4O5. The third kappa shape index (κ3) is 2.88. The molecule has 2 rings (SSSR count). The Bertz CT molecular complexity index is 568. The highest BCUT2D eigenvalue weighted by atomic mass is 16.6. The van der Waals surface area contributed by atoms with Crippen molar-refractivity contribution in [3.05, 3.63) is 44.0 Å². The van der Waals surface area contributed by atoms with Gasteiger partial charge in [0.05, 0.1) is 22.3 Å². The molecule has 0 aliphatic carbocycles. The Morgan fingerprint density at radius 2 is 2.05 bits per heavy atom. The van der Waals surface area contributed by atoms with Crippen LogP contribution in [0.5, 0.6) is 0 Å². The average Bonchev–Trinajstić information content (AvgIpc) is 2.92. The highest BCUT2D eigenvalue weighted by Gasteiger charge is 2.24. The second-order valence-electron chi connectivity index (χ2n) is 4.31. The highest BCUT2D eigenvalue weighted by molar-refractivity contribution is 5.80. The lowest BCUT2D eigenvalue weighted by molar-refractivity contribution is -0.394. The highest BCUT2D eigenvalue weighted by Crippen LogP contribution is 2.25. The van der Waals surface area contributed by atoms with Crippen LogP contribution in [0.1, 0.15) is 12.0 Å². The number of hydrogen-bond acceptors (Lipinski definition) is 6. The molecule has 0 unspecified atom stereocenters. The normalized spacial score (nSPS) is 14.3. The zero-order valence-electron chi connectivity index (χ0n) is 10.4. The largest absolute Gasteiger partial charge is 0.279 e. The summed E-state index contributed by atoms with van der Waals surface area (Å²) in [5.41, 5.74) is 2.25. The first kappa shape index (κ1) is 13.9. The van der Waals surface area contributed by atoms with Gasteiger partial charge in [0.1, 0.15) is 0 Å². The van der Waals surface area contributed by atoms with Crippen LogP contribution in [0.2, 0.25) is 0 Å². The van der Waals surface area contributed by atoms with E-state index < -0.39 is 15.5 Å². The van der Waals surface area contributed by atoms with E-state index >= 15 is 0 Å². The molecule has 0 bridgehead atoms. The molecule has 0 spiro atoms. The second kappa shape index (κ2) is 5.61. The van der Waals surface area contributed by atoms with Gasteiger partial charge in [-0.15, -0.1) is 0 Å². The fourth-order valence-electron chi connectivity index (χ4n) is 1.99. The number of non-ortho nitro benzene ring substituents is 1. The number of nitro groups is 2. The Labute approximate surface area is 113 Å². The number of nitro benzene ring substituents is 2. The van der Waals surface area contributed by atoms with Crippen molar-refractivity contribution in [1.82, 2.24) is 10.4 Å². The molecular weight excluding hydrogens is 268 g/mol. The molecule has 9 nitrogen and oxygen atoms in total. The van der Waals surface area contributed by atoms with Gasteiger partial charge in [0.15, 0.2) is 0 Å². The molecule has 1 fully saturated rings. The Balaban J connectivity index is 2.24. The van der Waals surface area contributed by atoms with Gasteiger partial charge in [-0.2, -0.15) is 0 Å². The monoisotopic (exact) mass is 280 g/mol. The van der Waals surface area contributed by atoms with Crippen LogP contribution in [0.15, 0.2) is 18.2 Å². The van der Waals surface area contributed by atoms with Gasteiger partial charge in [0.25, 0.3) is 11.4 Å². The number of hydrazine groups is 1. The van der Waals surface area contributed by atoms with E-state index in [9.17, 15) is 25.0 Å². The number of hydrogen-bond donors (Lipinski definition) is 1. The number of nitrogens with zero attached hydrogens (tertiary/aromatic N) is 3. The van der Waals surface area contributed by atoms with Crippen molar-refractivity contribution in [2.24, 2.45) is 0 Å². The number of rotatable bonds is 4. The van der Waals surface area contributed by atoms with Gasteiger partial charge in [-0.1, -0.05) is 0 Å². The Hall–Kier alpha value is -2.55. The molecule has 1 aliphatic rings. The maximum absolute atomic E-state index is 11.9. The smallest absolute Gasteiger partial charge is 0.278 e. The van der Waals surface area contributed by atoms with E-state index in [1.165, 1.54) is 11.1 Å². The van der Waals surface area contributed by atoms with E-state index in [-0.39, 0.29) is 23.6 Å². The number of amides is 1. The molecule has 1 aliphatic heterocycles. The number of carbonyl (C=O) groups is 1. The molecule has 9 heteroatoms. The molecule has 20 heavy (non-hydrogen) atoms. The van der Waals surface area contributed by atoms with E-state index in [2.05, 4.69) is 5.43 Å². The van der Waals surface area contributed by atoms with Crippen molar-refractivity contribution in [3.63, 3.8) is 0 Å². The van der Waals surface area contributed by atoms with Crippen LogP contribution in [0, 0.1) is 20.2 Å². The third-order valence-electron chi connectivity index (χ3n) is 2.98. The van der Waals surface area contributed by atoms with Crippen molar-refractivity contribution >= 4 is 17.3 Å². The van der Waals surface area contributed by atoms with Gasteiger partial charge >= 0.3 is 0 Å². The van der Waals surface area contributed by atoms with Crippen molar-refractivity contribution in [3.8, 4) is 0 Å². The molecule has 1 aromatic carbocycles. The van der Waals surface area contributed by atoms with Crippen molar-refractivity contribution < 1.29 is 14.6 Å². The van der Waals surface area contributed by atoms with Crippen LogP contribution in [0.4, 0.5) is 11.4 Å². The molecule has 1 heterocycles. The standard InChI is InChI=1S/C11H12N4O5/c16-11(13-5-1-4-12-13)6-8-2-3-9(14(17)18)7-10(8)15(19)20/h2-3,7,12H,1,4-6H2. The topological polar surface area (TPSA) is 119 Å². The summed E-state index contributed by atoms with van der Waals surface area (Å²) in [6.45, 7) is 1.24. The van der Waals surface area contributed by atoms with Crippen LogP contribution in [0.25, 0.3) is 0 Å². The Morgan fingerprint density at radius 3 is 2.60 bits per heavy atom. The van der Waals surface area contributed by atoms with Crippen molar-refractivity contribution in [2.75, 3.05) is 13.1 Å². The molecule has 0 radical (unpaired) electrons. The summed E-state index contributed by atoms with van der Waals surface area (Å²) < 4.78 is 0. The molecule has 0 atom stereocenters. The van der Waals surface area contributed by atoms with E-state index in [0.717, 1.165) is 18.6 Å². The molecule has 0 saturated carbocycles. The van der Waals surface area contributed by atoms with Crippen LogP contribution in [-0.2, 0) is 11.2 Å². The first-order valence-electron chi connectivity index (χ1n) is 5.94. The minimum atomic E-state index is -0.715. The first-order chi connectivity index (χ1) is 9.49. The van der Waals surface area contributed by atoms with Gasteiger partial charge in [-0.3, -0.25) is 30.0 Å². The van der Waals surface area contributed by atoms with Crippen molar-refractivity contribution in [2.45, 2.75) is 12.8 Å². The Morgan fingerprint density at radius 1 is 1.30 bits per heavy atom. The second-order valence-corrected chi connectivity index (χ2v) is 4.31. The van der Waals surface area contributed by atoms with Crippen LogP contribution in [-0.4, -0.2) is 33.9 Å². The van der Waals surface area contributed by atoms with Gasteiger partial charge < -0.3 is 0 Å². The average molecular weight is 280 g/mol. The number of benzene rings is 1. The molecule has 1 amide bonds. The summed E-state index contributed by atoms with van der Waals surface area (Å²) >= 11 is 0. The zero-order valence-corrected chi connectivity index (χ0v) is 10.4. The quantitative estimate of drug-likeness (QED) is 0.643. The third-order valence-corrected chi connectivity index (χ3v) is 2.98. The lowest BCUT2D eigenvalue weighted by atomic mass is 10.1. The summed E-state index contributed by atoms with van der Waals surface area (Å²) in [6, 6.07) is 3.29. The maximum Gasteiger partial charge on any atom is 0.279 e. The van der Waals surface area contributed by atoms with Crippen molar-refractivity contribution in [1.29, 1.82) is 0 Å². The minimum Gasteiger partial charge on any atom is -0.278 e. The predicted octanol–water partition coefficient (Wildman–Crippen LogP) is 0.782. The van der Waals surface area contributed by atoms with Gasteiger partial charge in [-0.25, -0.2) is 5.43 Å². The lowest BCUT2D eigenvalue weighted by Gasteiger charge is -2.15. The van der Waals surface area contributed by atoms with Gasteiger partial charge in [-0.05, 0) is 12.5 Å². The predicted molar refractivity (Wildman–Crippen MR) is 67.8 cm³/mol. The summed E-state index contributed by atoms with van der Waals surface area (Å²) in [5.74, 6) is -0.292. The van der Waals surface area contributed by atoms with Crippen LogP contribution in [0.3, 0.4) is 0 Å². The Kier molecular flexibility index (Phi) is 3.89. The molecule has 106 valence electrons. The van der Waals surface area contributed by atoms with Crippen LogP contribution < -0.4 is 5.43 Å². The summed E-state index contributed by atoms with van der Waals surface area (Å²) in [6.07, 6.45) is 0.662. The summed E-state index contributed by atoms with van der Waals surface area (Å²) in [4.78, 5) is 32.1. The van der Waals surface area contributed by atoms with E-state index in [4.69, 9.17) is 0 Å². The van der Waals surface area contributed by atoms with E-state index in [0.29, 0.717) is 13.1 Å². The SMILES string of the molecule is O=C(Cc1ccc([N+](=O)[O-])cc1[N+](=O)[O-])N1CCCN1. The summed E-state index contributed by atoms with van der Waals surface area (Å²) in [7, 11) is 0. The van der Waals surface area contributed by atoms with E-state index in [1.807, 2.05) is 0 Å². The molecule has 0 aromatic heterocycles. The fourth-order valence-corrected chi connectivity index (χ4v) is 1.99. The number of nitrogens with one attached hydrogen (secondary N) is 1. The molecule has 1 aromatic rings.